The van der Waals surface area contributed by atoms with Crippen LogP contribution in [0.15, 0.2) is 30.3 Å². The third-order valence-electron chi connectivity index (χ3n) is 4.39. The summed E-state index contributed by atoms with van der Waals surface area (Å²) in [4.78, 5) is 24.6. The Morgan fingerprint density at radius 3 is 2.52 bits per heavy atom. The predicted octanol–water partition coefficient (Wildman–Crippen LogP) is 1.94. The second-order valence-electron chi connectivity index (χ2n) is 6.17. The fraction of sp³-hybridized carbons (Fsp3) is 0.556. The van der Waals surface area contributed by atoms with Crippen molar-refractivity contribution in [3.8, 4) is 0 Å². The van der Waals surface area contributed by atoms with Crippen LogP contribution >= 0.6 is 0 Å². The maximum atomic E-state index is 12.5. The molecule has 0 bridgehead atoms. The van der Waals surface area contributed by atoms with Crippen LogP contribution in [0.25, 0.3) is 0 Å². The van der Waals surface area contributed by atoms with Crippen LogP contribution in [0.1, 0.15) is 44.6 Å². The Labute approximate surface area is 137 Å². The molecular formula is C18H26N2O3. The third-order valence-corrected chi connectivity index (χ3v) is 4.39. The summed E-state index contributed by atoms with van der Waals surface area (Å²) in [6.45, 7) is 2.06. The first-order chi connectivity index (χ1) is 11.0. The van der Waals surface area contributed by atoms with Gasteiger partial charge in [0.1, 0.15) is 6.04 Å². The van der Waals surface area contributed by atoms with Crippen molar-refractivity contribution < 1.29 is 14.3 Å². The molecule has 1 aromatic rings. The van der Waals surface area contributed by atoms with Gasteiger partial charge in [-0.2, -0.15) is 0 Å². The Hall–Kier alpha value is -1.88. The van der Waals surface area contributed by atoms with Crippen molar-refractivity contribution in [3.63, 3.8) is 0 Å². The lowest BCUT2D eigenvalue weighted by Crippen LogP contribution is -2.56. The highest BCUT2D eigenvalue weighted by atomic mass is 16.5. The predicted molar refractivity (Wildman–Crippen MR) is 88.7 cm³/mol. The number of hydrogen-bond donors (Lipinski definition) is 2. The molecule has 5 nitrogen and oxygen atoms in total. The van der Waals surface area contributed by atoms with Crippen LogP contribution in [-0.2, 0) is 20.7 Å². The Morgan fingerprint density at radius 1 is 1.26 bits per heavy atom. The number of hydrogen-bond acceptors (Lipinski definition) is 4. The van der Waals surface area contributed by atoms with Gasteiger partial charge in [-0.1, -0.05) is 43.2 Å². The summed E-state index contributed by atoms with van der Waals surface area (Å²) < 4.78 is 5.09. The summed E-state index contributed by atoms with van der Waals surface area (Å²) in [5, 5.41) is 2.82. The molecule has 0 heterocycles. The number of rotatable bonds is 7. The summed E-state index contributed by atoms with van der Waals surface area (Å²) >= 11 is 0. The number of amides is 1. The highest BCUT2D eigenvalue weighted by molar-refractivity contribution is 5.90. The Balaban J connectivity index is 1.99. The van der Waals surface area contributed by atoms with Crippen LogP contribution in [0.3, 0.4) is 0 Å². The van der Waals surface area contributed by atoms with E-state index in [2.05, 4.69) is 5.32 Å². The maximum absolute atomic E-state index is 12.5. The molecule has 1 aliphatic carbocycles. The maximum Gasteiger partial charge on any atom is 0.328 e. The lowest BCUT2D eigenvalue weighted by molar-refractivity contribution is -0.148. The van der Waals surface area contributed by atoms with Crippen LogP contribution in [0.5, 0.6) is 0 Å². The van der Waals surface area contributed by atoms with Gasteiger partial charge < -0.3 is 15.8 Å². The molecule has 126 valence electrons. The molecule has 0 aromatic heterocycles. The van der Waals surface area contributed by atoms with E-state index in [9.17, 15) is 9.59 Å². The molecule has 0 radical (unpaired) electrons. The van der Waals surface area contributed by atoms with Gasteiger partial charge in [-0.3, -0.25) is 4.79 Å². The average Bonchev–Trinajstić information content (AvgIpc) is 3.00. The van der Waals surface area contributed by atoms with E-state index in [1.165, 1.54) is 0 Å². The summed E-state index contributed by atoms with van der Waals surface area (Å²) in [5.41, 5.74) is 6.46. The largest absolute Gasteiger partial charge is 0.464 e. The van der Waals surface area contributed by atoms with Gasteiger partial charge in [-0.25, -0.2) is 4.79 Å². The third kappa shape index (κ3) is 4.79. The van der Waals surface area contributed by atoms with Crippen molar-refractivity contribution in [2.24, 2.45) is 5.73 Å². The van der Waals surface area contributed by atoms with E-state index in [0.717, 1.165) is 18.4 Å². The van der Waals surface area contributed by atoms with E-state index in [1.54, 1.807) is 6.92 Å². The number of nitrogens with one attached hydrogen (secondary N) is 1. The quantitative estimate of drug-likeness (QED) is 0.753. The Kier molecular flexibility index (Phi) is 6.16. The summed E-state index contributed by atoms with van der Waals surface area (Å²) in [6.07, 6.45) is 4.46. The number of ether oxygens (including phenoxy) is 1. The molecule has 1 aliphatic rings. The summed E-state index contributed by atoms with van der Waals surface area (Å²) in [5.74, 6) is -0.625. The number of carbonyl (C=O) groups excluding carboxylic acids is 2. The van der Waals surface area contributed by atoms with Gasteiger partial charge in [-0.05, 0) is 38.2 Å². The fourth-order valence-corrected chi connectivity index (χ4v) is 2.98. The minimum Gasteiger partial charge on any atom is -0.464 e. The molecular weight excluding hydrogens is 292 g/mol. The molecule has 1 amide bonds. The minimum atomic E-state index is -0.836. The van der Waals surface area contributed by atoms with E-state index in [0.29, 0.717) is 32.3 Å². The van der Waals surface area contributed by atoms with Crippen molar-refractivity contribution in [2.75, 3.05) is 6.61 Å². The van der Waals surface area contributed by atoms with Gasteiger partial charge in [0.25, 0.3) is 0 Å². The topological polar surface area (TPSA) is 81.4 Å². The van der Waals surface area contributed by atoms with Crippen molar-refractivity contribution in [1.29, 1.82) is 0 Å². The van der Waals surface area contributed by atoms with Gasteiger partial charge in [0.2, 0.25) is 5.91 Å². The van der Waals surface area contributed by atoms with E-state index in [1.807, 2.05) is 30.3 Å². The standard InChI is InChI=1S/C18H26N2O3/c1-2-23-16(21)15(11-10-14-8-4-3-5-9-14)20-17(22)18(19)12-6-7-13-18/h3-5,8-9,15H,2,6-7,10-13,19H2,1H3,(H,20,22)/t15-/m0/s1. The molecule has 0 spiro atoms. The average molecular weight is 318 g/mol. The monoisotopic (exact) mass is 318 g/mol. The van der Waals surface area contributed by atoms with E-state index in [-0.39, 0.29) is 5.91 Å². The van der Waals surface area contributed by atoms with E-state index < -0.39 is 17.6 Å². The fourth-order valence-electron chi connectivity index (χ4n) is 2.98. The van der Waals surface area contributed by atoms with Gasteiger partial charge in [-0.15, -0.1) is 0 Å². The van der Waals surface area contributed by atoms with Crippen LogP contribution in [0.2, 0.25) is 0 Å². The van der Waals surface area contributed by atoms with Gasteiger partial charge >= 0.3 is 5.97 Å². The highest BCUT2D eigenvalue weighted by Gasteiger charge is 2.38. The second-order valence-corrected chi connectivity index (χ2v) is 6.17. The van der Waals surface area contributed by atoms with Crippen molar-refractivity contribution in [3.05, 3.63) is 35.9 Å². The zero-order chi connectivity index (χ0) is 16.7. The normalized spacial score (nSPS) is 17.5. The molecule has 1 atom stereocenters. The lowest BCUT2D eigenvalue weighted by atomic mass is 9.97. The first kappa shape index (κ1) is 17.5. The Bertz CT molecular complexity index is 524. The highest BCUT2D eigenvalue weighted by Crippen LogP contribution is 2.27. The van der Waals surface area contributed by atoms with Crippen molar-refractivity contribution >= 4 is 11.9 Å². The zero-order valence-corrected chi connectivity index (χ0v) is 13.7. The first-order valence-electron chi connectivity index (χ1n) is 8.35. The molecule has 0 aliphatic heterocycles. The number of aryl methyl sites for hydroxylation is 1. The number of benzene rings is 1. The van der Waals surface area contributed by atoms with Crippen molar-refractivity contribution in [2.45, 2.75) is 57.0 Å². The second kappa shape index (κ2) is 8.11. The number of esters is 1. The lowest BCUT2D eigenvalue weighted by Gasteiger charge is -2.26. The number of carbonyl (C=O) groups is 2. The molecule has 23 heavy (non-hydrogen) atoms. The molecule has 1 fully saturated rings. The SMILES string of the molecule is CCOC(=O)[C@H](CCc1ccccc1)NC(=O)C1(N)CCCC1. The summed E-state index contributed by atoms with van der Waals surface area (Å²) in [7, 11) is 0. The van der Waals surface area contributed by atoms with Gasteiger partial charge in [0, 0.05) is 0 Å². The molecule has 1 saturated carbocycles. The van der Waals surface area contributed by atoms with Crippen LogP contribution < -0.4 is 11.1 Å². The molecule has 0 saturated heterocycles. The van der Waals surface area contributed by atoms with Crippen LogP contribution in [0, 0.1) is 0 Å². The minimum absolute atomic E-state index is 0.235. The molecule has 0 unspecified atom stereocenters. The molecule has 5 heteroatoms. The van der Waals surface area contributed by atoms with E-state index >= 15 is 0 Å². The van der Waals surface area contributed by atoms with Gasteiger partial charge in [0.05, 0.1) is 12.1 Å². The van der Waals surface area contributed by atoms with Crippen LogP contribution in [0.4, 0.5) is 0 Å². The zero-order valence-electron chi connectivity index (χ0n) is 13.7. The molecule has 2 rings (SSSR count). The first-order valence-corrected chi connectivity index (χ1v) is 8.35. The van der Waals surface area contributed by atoms with E-state index in [4.69, 9.17) is 10.5 Å². The number of nitrogens with two attached hydrogens (primary N) is 1. The Morgan fingerprint density at radius 2 is 1.91 bits per heavy atom. The van der Waals surface area contributed by atoms with Crippen molar-refractivity contribution in [1.82, 2.24) is 5.32 Å². The van der Waals surface area contributed by atoms with Gasteiger partial charge in [0.15, 0.2) is 0 Å². The smallest absolute Gasteiger partial charge is 0.328 e. The molecule has 3 N–H and O–H groups in total. The summed E-state index contributed by atoms with van der Waals surface area (Å²) in [6, 6.07) is 9.23. The van der Waals surface area contributed by atoms with Crippen LogP contribution in [-0.4, -0.2) is 30.1 Å². The molecule has 1 aromatic carbocycles.